The fourth-order valence-corrected chi connectivity index (χ4v) is 2.71. The molecule has 12 heavy (non-hydrogen) atoms. The number of anilines is 1. The summed E-state index contributed by atoms with van der Waals surface area (Å²) >= 11 is 1.98. The summed E-state index contributed by atoms with van der Waals surface area (Å²) in [5, 5.41) is 3.92. The zero-order valence-electron chi connectivity index (χ0n) is 7.42. The van der Waals surface area contributed by atoms with Gasteiger partial charge in [-0.3, -0.25) is 0 Å². The van der Waals surface area contributed by atoms with E-state index in [1.54, 1.807) is 0 Å². The maximum atomic E-state index is 3.16. The van der Waals surface area contributed by atoms with Crippen LogP contribution in [0.5, 0.6) is 0 Å². The zero-order chi connectivity index (χ0) is 8.55. The monoisotopic (exact) mass is 179 g/mol. The van der Waals surface area contributed by atoms with Crippen molar-refractivity contribution in [2.45, 2.75) is 23.5 Å². The lowest BCUT2D eigenvalue weighted by molar-refractivity contribution is 0.960. The number of hydrogen-bond acceptors (Lipinski definition) is 2. The first-order valence-electron chi connectivity index (χ1n) is 4.27. The molecule has 1 unspecified atom stereocenters. The van der Waals surface area contributed by atoms with Crippen molar-refractivity contribution in [3.63, 3.8) is 0 Å². The van der Waals surface area contributed by atoms with Gasteiger partial charge in [0.05, 0.1) is 0 Å². The van der Waals surface area contributed by atoms with Gasteiger partial charge in [-0.2, -0.15) is 0 Å². The molecule has 0 saturated carbocycles. The summed E-state index contributed by atoms with van der Waals surface area (Å²) in [6.07, 6.45) is 1.22. The Labute approximate surface area is 77.6 Å². The highest BCUT2D eigenvalue weighted by molar-refractivity contribution is 8.00. The number of benzene rings is 1. The van der Waals surface area contributed by atoms with Gasteiger partial charge >= 0.3 is 0 Å². The van der Waals surface area contributed by atoms with Gasteiger partial charge in [0.2, 0.25) is 0 Å². The molecule has 64 valence electrons. The molecule has 1 atom stereocenters. The summed E-state index contributed by atoms with van der Waals surface area (Å²) in [6, 6.07) is 6.62. The number of thioether (sulfide) groups is 1. The fraction of sp³-hybridized carbons (Fsp3) is 0.400. The second kappa shape index (κ2) is 3.02. The minimum Gasteiger partial charge on any atom is -0.388 e. The number of rotatable bonds is 1. The second-order valence-corrected chi connectivity index (χ2v) is 4.69. The smallest absolute Gasteiger partial charge is 0.0341 e. The highest BCUT2D eigenvalue weighted by Gasteiger charge is 2.17. The Bertz CT molecular complexity index is 296. The molecule has 0 fully saturated rings. The first-order valence-corrected chi connectivity index (χ1v) is 5.15. The summed E-state index contributed by atoms with van der Waals surface area (Å²) in [7, 11) is 1.97. The minimum atomic E-state index is 0.757. The summed E-state index contributed by atoms with van der Waals surface area (Å²) in [5.41, 5.74) is 2.72. The summed E-state index contributed by atoms with van der Waals surface area (Å²) in [4.78, 5) is 1.46. The number of nitrogens with one attached hydrogen (secondary N) is 1. The van der Waals surface area contributed by atoms with E-state index in [-0.39, 0.29) is 0 Å². The molecule has 0 aromatic heterocycles. The molecule has 1 aromatic carbocycles. The molecule has 2 rings (SSSR count). The molecule has 0 aliphatic carbocycles. The molecular formula is C10H13NS. The van der Waals surface area contributed by atoms with Gasteiger partial charge in [-0.1, -0.05) is 6.92 Å². The first-order chi connectivity index (χ1) is 5.79. The van der Waals surface area contributed by atoms with Crippen LogP contribution in [0.3, 0.4) is 0 Å². The van der Waals surface area contributed by atoms with Crippen molar-refractivity contribution in [3.8, 4) is 0 Å². The standard InChI is InChI=1S/C10H13NS/c1-7-5-8-6-9(11-2)3-4-10(8)12-7/h3-4,6-7,11H,5H2,1-2H3. The van der Waals surface area contributed by atoms with Crippen LogP contribution >= 0.6 is 11.8 Å². The van der Waals surface area contributed by atoms with E-state index in [2.05, 4.69) is 30.4 Å². The van der Waals surface area contributed by atoms with Gasteiger partial charge in [0.1, 0.15) is 0 Å². The Morgan fingerprint density at radius 1 is 1.50 bits per heavy atom. The molecule has 0 amide bonds. The lowest BCUT2D eigenvalue weighted by atomic mass is 10.1. The molecule has 0 spiro atoms. The van der Waals surface area contributed by atoms with E-state index in [0.717, 1.165) is 5.25 Å². The van der Waals surface area contributed by atoms with Gasteiger partial charge in [-0.25, -0.2) is 0 Å². The molecule has 1 nitrogen and oxygen atoms in total. The highest BCUT2D eigenvalue weighted by atomic mass is 32.2. The van der Waals surface area contributed by atoms with Crippen LogP contribution in [0.1, 0.15) is 12.5 Å². The molecule has 1 N–H and O–H groups in total. The lowest BCUT2D eigenvalue weighted by Crippen LogP contribution is -1.92. The summed E-state index contributed by atoms with van der Waals surface area (Å²) < 4.78 is 0. The van der Waals surface area contributed by atoms with Crippen molar-refractivity contribution in [2.24, 2.45) is 0 Å². The molecule has 0 bridgehead atoms. The van der Waals surface area contributed by atoms with Crippen molar-refractivity contribution in [1.29, 1.82) is 0 Å². The maximum absolute atomic E-state index is 3.16. The lowest BCUT2D eigenvalue weighted by Gasteiger charge is -2.01. The van der Waals surface area contributed by atoms with Crippen LogP contribution in [0, 0.1) is 0 Å². The van der Waals surface area contributed by atoms with Gasteiger partial charge in [-0.05, 0) is 30.2 Å². The van der Waals surface area contributed by atoms with Crippen molar-refractivity contribution in [1.82, 2.24) is 0 Å². The third-order valence-corrected chi connectivity index (χ3v) is 3.41. The summed E-state index contributed by atoms with van der Waals surface area (Å²) in [6.45, 7) is 2.28. The Kier molecular flexibility index (Phi) is 2.01. The van der Waals surface area contributed by atoms with Crippen molar-refractivity contribution >= 4 is 17.4 Å². The van der Waals surface area contributed by atoms with Gasteiger partial charge in [0.15, 0.2) is 0 Å². The molecule has 0 radical (unpaired) electrons. The van der Waals surface area contributed by atoms with Crippen molar-refractivity contribution in [2.75, 3.05) is 12.4 Å². The van der Waals surface area contributed by atoms with Gasteiger partial charge in [0.25, 0.3) is 0 Å². The van der Waals surface area contributed by atoms with E-state index < -0.39 is 0 Å². The molecule has 1 aliphatic heterocycles. The van der Waals surface area contributed by atoms with Gasteiger partial charge < -0.3 is 5.32 Å². The molecule has 1 aliphatic rings. The van der Waals surface area contributed by atoms with Crippen LogP contribution in [0.25, 0.3) is 0 Å². The SMILES string of the molecule is CNc1ccc2c(c1)CC(C)S2. The van der Waals surface area contributed by atoms with E-state index in [0.29, 0.717) is 0 Å². The molecular weight excluding hydrogens is 166 g/mol. The average molecular weight is 179 g/mol. The van der Waals surface area contributed by atoms with Crippen LogP contribution in [-0.4, -0.2) is 12.3 Å². The third-order valence-electron chi connectivity index (χ3n) is 2.18. The third kappa shape index (κ3) is 1.31. The van der Waals surface area contributed by atoms with Crippen LogP contribution in [0.15, 0.2) is 23.1 Å². The molecule has 1 aromatic rings. The molecule has 0 saturated heterocycles. The molecule has 2 heteroatoms. The number of hydrogen-bond donors (Lipinski definition) is 1. The van der Waals surface area contributed by atoms with Gasteiger partial charge in [-0.15, -0.1) is 11.8 Å². The molecule has 1 heterocycles. The topological polar surface area (TPSA) is 12.0 Å². The van der Waals surface area contributed by atoms with Crippen LogP contribution in [-0.2, 0) is 6.42 Å². The highest BCUT2D eigenvalue weighted by Crippen LogP contribution is 2.37. The van der Waals surface area contributed by atoms with E-state index in [1.807, 2.05) is 18.8 Å². The maximum Gasteiger partial charge on any atom is 0.0341 e. The van der Waals surface area contributed by atoms with Gasteiger partial charge in [0, 0.05) is 22.9 Å². The van der Waals surface area contributed by atoms with Crippen LogP contribution < -0.4 is 5.32 Å². The van der Waals surface area contributed by atoms with Crippen LogP contribution in [0.2, 0.25) is 0 Å². The Hall–Kier alpha value is -0.630. The quantitative estimate of drug-likeness (QED) is 0.711. The Morgan fingerprint density at radius 3 is 3.08 bits per heavy atom. The van der Waals surface area contributed by atoms with E-state index in [9.17, 15) is 0 Å². The first kappa shape index (κ1) is 7.99. The fourth-order valence-electron chi connectivity index (χ4n) is 1.58. The number of fused-ring (bicyclic) bond motifs is 1. The van der Waals surface area contributed by atoms with Crippen molar-refractivity contribution in [3.05, 3.63) is 23.8 Å². The minimum absolute atomic E-state index is 0.757. The second-order valence-electron chi connectivity index (χ2n) is 3.21. The van der Waals surface area contributed by atoms with E-state index >= 15 is 0 Å². The summed E-state index contributed by atoms with van der Waals surface area (Å²) in [5.74, 6) is 0. The Balaban J connectivity index is 2.35. The van der Waals surface area contributed by atoms with Crippen LogP contribution in [0.4, 0.5) is 5.69 Å². The Morgan fingerprint density at radius 2 is 2.33 bits per heavy atom. The normalized spacial score (nSPS) is 20.7. The predicted molar refractivity (Wildman–Crippen MR) is 55.0 cm³/mol. The van der Waals surface area contributed by atoms with E-state index in [4.69, 9.17) is 0 Å². The van der Waals surface area contributed by atoms with Crippen molar-refractivity contribution < 1.29 is 0 Å². The largest absolute Gasteiger partial charge is 0.388 e. The average Bonchev–Trinajstić information content (AvgIpc) is 2.43. The zero-order valence-corrected chi connectivity index (χ0v) is 8.24. The van der Waals surface area contributed by atoms with E-state index in [1.165, 1.54) is 22.6 Å². The predicted octanol–water partition coefficient (Wildman–Crippen LogP) is 2.77.